The minimum absolute atomic E-state index is 0.128. The zero-order valence-corrected chi connectivity index (χ0v) is 14.3. The van der Waals surface area contributed by atoms with E-state index in [9.17, 15) is 27.9 Å². The maximum Gasteiger partial charge on any atom is 0.427 e. The van der Waals surface area contributed by atoms with Crippen LogP contribution in [-0.2, 0) is 19.1 Å². The maximum atomic E-state index is 12.5. The molecule has 0 aliphatic carbocycles. The summed E-state index contributed by atoms with van der Waals surface area (Å²) in [4.78, 5) is 23.3. The van der Waals surface area contributed by atoms with Gasteiger partial charge in [-0.1, -0.05) is 20.8 Å². The first-order chi connectivity index (χ1) is 10.1. The van der Waals surface area contributed by atoms with Crippen LogP contribution in [0.25, 0.3) is 0 Å². The average Bonchev–Trinajstić information content (AvgIpc) is 2.40. The third-order valence-electron chi connectivity index (χ3n) is 3.57. The minimum atomic E-state index is -5.13. The Morgan fingerprint density at radius 2 is 1.30 bits per heavy atom. The fraction of sp³-hybridized carbons (Fsp3) is 0.867. The van der Waals surface area contributed by atoms with Crippen LogP contribution in [0.1, 0.15) is 48.0 Å². The molecule has 0 aromatic carbocycles. The zero-order chi connectivity index (χ0) is 18.7. The Labute approximate surface area is 134 Å². The minimum Gasteiger partial charge on any atom is -0.465 e. The summed E-state index contributed by atoms with van der Waals surface area (Å²) < 4.78 is 47.2. The lowest BCUT2D eigenvalue weighted by Gasteiger charge is -2.29. The van der Waals surface area contributed by atoms with Gasteiger partial charge in [0.25, 0.3) is 5.60 Å². The molecule has 0 bridgehead atoms. The second kappa shape index (κ2) is 7.07. The number of ether oxygens (including phenoxy) is 2. The van der Waals surface area contributed by atoms with E-state index in [2.05, 4.69) is 4.74 Å². The van der Waals surface area contributed by atoms with Crippen molar-refractivity contribution in [3.05, 3.63) is 0 Å². The molecule has 0 aliphatic heterocycles. The standard InChI is InChI=1S/C15H25F3O5/c1-7-13(4,5)10(19)22-8-12(2,3)9-23-11(20)14(6,21)15(16,17)18/h21H,7-9H2,1-6H3. The molecule has 136 valence electrons. The number of halogens is 3. The van der Waals surface area contributed by atoms with E-state index in [4.69, 9.17) is 4.74 Å². The molecule has 0 saturated heterocycles. The van der Waals surface area contributed by atoms with Crippen molar-refractivity contribution in [2.75, 3.05) is 13.2 Å². The summed E-state index contributed by atoms with van der Waals surface area (Å²) in [5.74, 6) is -2.24. The molecule has 0 aromatic heterocycles. The van der Waals surface area contributed by atoms with Crippen molar-refractivity contribution >= 4 is 11.9 Å². The Balaban J connectivity index is 4.61. The van der Waals surface area contributed by atoms with Gasteiger partial charge in [-0.15, -0.1) is 0 Å². The fourth-order valence-electron chi connectivity index (χ4n) is 1.16. The molecule has 0 saturated carbocycles. The summed E-state index contributed by atoms with van der Waals surface area (Å²) in [6.07, 6.45) is -4.57. The SMILES string of the molecule is CCC(C)(C)C(=O)OCC(C)(C)COC(=O)C(C)(O)C(F)(F)F. The molecule has 1 unspecified atom stereocenters. The van der Waals surface area contributed by atoms with Crippen molar-refractivity contribution in [1.29, 1.82) is 0 Å². The quantitative estimate of drug-likeness (QED) is 0.720. The van der Waals surface area contributed by atoms with Gasteiger partial charge in [-0.05, 0) is 27.2 Å². The van der Waals surface area contributed by atoms with Gasteiger partial charge in [0, 0.05) is 5.41 Å². The summed E-state index contributed by atoms with van der Waals surface area (Å²) in [6.45, 7) is 8.14. The highest BCUT2D eigenvalue weighted by Gasteiger charge is 2.57. The van der Waals surface area contributed by atoms with Crippen molar-refractivity contribution < 1.29 is 37.3 Å². The van der Waals surface area contributed by atoms with Gasteiger partial charge in [-0.3, -0.25) is 4.79 Å². The van der Waals surface area contributed by atoms with Crippen LogP contribution in [0.3, 0.4) is 0 Å². The van der Waals surface area contributed by atoms with E-state index in [1.54, 1.807) is 27.7 Å². The predicted octanol–water partition coefficient (Wildman–Crippen LogP) is 2.85. The molecule has 8 heteroatoms. The van der Waals surface area contributed by atoms with E-state index in [1.165, 1.54) is 0 Å². The summed E-state index contributed by atoms with van der Waals surface area (Å²) in [5.41, 5.74) is -5.15. The third kappa shape index (κ3) is 6.01. The average molecular weight is 342 g/mol. The number of hydrogen-bond acceptors (Lipinski definition) is 5. The van der Waals surface area contributed by atoms with Crippen LogP contribution < -0.4 is 0 Å². The lowest BCUT2D eigenvalue weighted by molar-refractivity contribution is -0.257. The molecule has 0 spiro atoms. The Hall–Kier alpha value is -1.31. The summed E-state index contributed by atoms with van der Waals surface area (Å²) in [7, 11) is 0. The number of aliphatic hydroxyl groups is 1. The zero-order valence-electron chi connectivity index (χ0n) is 14.3. The Morgan fingerprint density at radius 1 is 0.913 bits per heavy atom. The molecule has 0 aliphatic rings. The van der Waals surface area contributed by atoms with Gasteiger partial charge in [0.05, 0.1) is 18.6 Å². The number of alkyl halides is 3. The summed E-state index contributed by atoms with van der Waals surface area (Å²) in [6, 6.07) is 0. The Kier molecular flexibility index (Phi) is 6.66. The molecule has 0 aromatic rings. The molecule has 23 heavy (non-hydrogen) atoms. The number of carbonyl (C=O) groups is 2. The van der Waals surface area contributed by atoms with E-state index in [0.717, 1.165) is 0 Å². The molecule has 0 radical (unpaired) electrons. The van der Waals surface area contributed by atoms with Crippen LogP contribution in [0.2, 0.25) is 0 Å². The van der Waals surface area contributed by atoms with Gasteiger partial charge < -0.3 is 14.6 Å². The van der Waals surface area contributed by atoms with E-state index >= 15 is 0 Å². The van der Waals surface area contributed by atoms with Gasteiger partial charge in [-0.2, -0.15) is 13.2 Å². The predicted molar refractivity (Wildman–Crippen MR) is 76.4 cm³/mol. The van der Waals surface area contributed by atoms with Gasteiger partial charge in [0.2, 0.25) is 0 Å². The molecule has 0 fully saturated rings. The van der Waals surface area contributed by atoms with E-state index < -0.39 is 41.2 Å². The highest BCUT2D eigenvalue weighted by molar-refractivity contribution is 5.79. The normalized spacial score (nSPS) is 15.7. The summed E-state index contributed by atoms with van der Waals surface area (Å²) >= 11 is 0. The first-order valence-corrected chi connectivity index (χ1v) is 7.20. The van der Waals surface area contributed by atoms with Crippen LogP contribution in [0.15, 0.2) is 0 Å². The molecule has 1 atom stereocenters. The van der Waals surface area contributed by atoms with Crippen LogP contribution in [-0.4, -0.2) is 42.0 Å². The molecule has 0 heterocycles. The number of esters is 2. The van der Waals surface area contributed by atoms with E-state index in [-0.39, 0.29) is 6.61 Å². The smallest absolute Gasteiger partial charge is 0.427 e. The topological polar surface area (TPSA) is 72.8 Å². The first kappa shape index (κ1) is 21.7. The maximum absolute atomic E-state index is 12.5. The monoisotopic (exact) mass is 342 g/mol. The molecule has 0 amide bonds. The molecule has 1 N–H and O–H groups in total. The third-order valence-corrected chi connectivity index (χ3v) is 3.57. The number of carbonyl (C=O) groups excluding carboxylic acids is 2. The second-order valence-electron chi connectivity index (χ2n) is 7.12. The van der Waals surface area contributed by atoms with Gasteiger partial charge in [0.15, 0.2) is 0 Å². The number of rotatable bonds is 7. The highest BCUT2D eigenvalue weighted by atomic mass is 19.4. The van der Waals surface area contributed by atoms with Crippen molar-refractivity contribution in [2.24, 2.45) is 10.8 Å². The van der Waals surface area contributed by atoms with Crippen molar-refractivity contribution in [3.8, 4) is 0 Å². The van der Waals surface area contributed by atoms with Crippen LogP contribution >= 0.6 is 0 Å². The van der Waals surface area contributed by atoms with E-state index in [1.807, 2.05) is 6.92 Å². The van der Waals surface area contributed by atoms with Crippen molar-refractivity contribution in [3.63, 3.8) is 0 Å². The van der Waals surface area contributed by atoms with Gasteiger partial charge >= 0.3 is 18.1 Å². The van der Waals surface area contributed by atoms with Crippen LogP contribution in [0, 0.1) is 10.8 Å². The molecule has 0 rings (SSSR count). The largest absolute Gasteiger partial charge is 0.465 e. The Morgan fingerprint density at radius 3 is 1.65 bits per heavy atom. The fourth-order valence-corrected chi connectivity index (χ4v) is 1.16. The van der Waals surface area contributed by atoms with Crippen LogP contribution in [0.4, 0.5) is 13.2 Å². The van der Waals surface area contributed by atoms with Crippen molar-refractivity contribution in [1.82, 2.24) is 0 Å². The molecular formula is C15H25F3O5. The number of hydrogen-bond donors (Lipinski definition) is 1. The molecule has 5 nitrogen and oxygen atoms in total. The lowest BCUT2D eigenvalue weighted by atomic mass is 9.90. The summed E-state index contributed by atoms with van der Waals surface area (Å²) in [5, 5.41) is 9.19. The van der Waals surface area contributed by atoms with Crippen LogP contribution in [0.5, 0.6) is 0 Å². The highest BCUT2D eigenvalue weighted by Crippen LogP contribution is 2.31. The van der Waals surface area contributed by atoms with Gasteiger partial charge in [-0.25, -0.2) is 4.79 Å². The van der Waals surface area contributed by atoms with Gasteiger partial charge in [0.1, 0.15) is 0 Å². The second-order valence-corrected chi connectivity index (χ2v) is 7.12. The lowest BCUT2D eigenvalue weighted by Crippen LogP contribution is -2.51. The van der Waals surface area contributed by atoms with E-state index in [0.29, 0.717) is 13.3 Å². The van der Waals surface area contributed by atoms with Crippen molar-refractivity contribution in [2.45, 2.75) is 59.7 Å². The molecular weight excluding hydrogens is 317 g/mol. The first-order valence-electron chi connectivity index (χ1n) is 7.20. The Bertz CT molecular complexity index is 439.